The van der Waals surface area contributed by atoms with Crippen molar-refractivity contribution in [3.8, 4) is 0 Å². The van der Waals surface area contributed by atoms with Gasteiger partial charge in [-0.05, 0) is 46.5 Å². The lowest BCUT2D eigenvalue weighted by Crippen LogP contribution is -2.41. The lowest BCUT2D eigenvalue weighted by Gasteiger charge is -2.31. The molecule has 0 aliphatic rings. The van der Waals surface area contributed by atoms with Crippen molar-refractivity contribution < 1.29 is 5.11 Å². The summed E-state index contributed by atoms with van der Waals surface area (Å²) in [5.41, 5.74) is 8.83. The number of aliphatic hydroxyl groups excluding tert-OH is 1. The first-order valence-corrected chi connectivity index (χ1v) is 7.36. The number of rotatable bonds is 5. The quantitative estimate of drug-likeness (QED) is 0.883. The standard InChI is InChI=1S/C16H19BrN2O/c1-12-3-2-4-14(5-12)16(10-18,11-20)7-13-6-15(17)9-19-8-13/h2-6,8-9,20H,7,10-11,18H2,1H3. The van der Waals surface area contributed by atoms with Gasteiger partial charge in [0.2, 0.25) is 0 Å². The number of aryl methyl sites for hydroxylation is 1. The van der Waals surface area contributed by atoms with Gasteiger partial charge in [-0.2, -0.15) is 0 Å². The molecule has 0 amide bonds. The second-order valence-corrected chi connectivity index (χ2v) is 6.12. The molecule has 3 nitrogen and oxygen atoms in total. The normalized spacial score (nSPS) is 14.0. The molecule has 1 heterocycles. The Bertz CT molecular complexity index is 582. The number of pyridine rings is 1. The van der Waals surface area contributed by atoms with Crippen LogP contribution in [-0.2, 0) is 11.8 Å². The number of hydrogen-bond acceptors (Lipinski definition) is 3. The summed E-state index contributed by atoms with van der Waals surface area (Å²) >= 11 is 3.43. The van der Waals surface area contributed by atoms with E-state index >= 15 is 0 Å². The molecule has 1 unspecified atom stereocenters. The van der Waals surface area contributed by atoms with Crippen LogP contribution in [-0.4, -0.2) is 23.2 Å². The van der Waals surface area contributed by atoms with Crippen molar-refractivity contribution in [2.75, 3.05) is 13.2 Å². The van der Waals surface area contributed by atoms with E-state index in [4.69, 9.17) is 5.73 Å². The van der Waals surface area contributed by atoms with Crippen LogP contribution in [0.15, 0.2) is 47.2 Å². The second kappa shape index (κ2) is 6.48. The predicted octanol–water partition coefficient (Wildman–Crippen LogP) is 2.58. The highest BCUT2D eigenvalue weighted by molar-refractivity contribution is 9.10. The van der Waals surface area contributed by atoms with Gasteiger partial charge in [-0.1, -0.05) is 29.8 Å². The first-order valence-electron chi connectivity index (χ1n) is 6.57. The summed E-state index contributed by atoms with van der Waals surface area (Å²) in [6.07, 6.45) is 4.23. The number of benzene rings is 1. The zero-order valence-corrected chi connectivity index (χ0v) is 13.1. The summed E-state index contributed by atoms with van der Waals surface area (Å²) in [5, 5.41) is 9.94. The van der Waals surface area contributed by atoms with Crippen LogP contribution in [0.2, 0.25) is 0 Å². The summed E-state index contributed by atoms with van der Waals surface area (Å²) < 4.78 is 0.933. The second-order valence-electron chi connectivity index (χ2n) is 5.20. The first kappa shape index (κ1) is 15.2. The molecule has 0 aliphatic carbocycles. The molecular formula is C16H19BrN2O. The molecule has 1 aromatic carbocycles. The molecule has 0 spiro atoms. The maximum absolute atomic E-state index is 9.94. The zero-order chi connectivity index (χ0) is 14.6. The Labute approximate surface area is 128 Å². The Hall–Kier alpha value is -1.23. The molecule has 106 valence electrons. The fourth-order valence-electron chi connectivity index (χ4n) is 2.42. The van der Waals surface area contributed by atoms with E-state index in [0.717, 1.165) is 15.6 Å². The van der Waals surface area contributed by atoms with Crippen molar-refractivity contribution >= 4 is 15.9 Å². The molecule has 4 heteroatoms. The minimum Gasteiger partial charge on any atom is -0.395 e. The summed E-state index contributed by atoms with van der Waals surface area (Å²) in [5.74, 6) is 0. The van der Waals surface area contributed by atoms with Gasteiger partial charge in [0.1, 0.15) is 0 Å². The van der Waals surface area contributed by atoms with Gasteiger partial charge in [-0.3, -0.25) is 4.98 Å². The number of aromatic nitrogens is 1. The zero-order valence-electron chi connectivity index (χ0n) is 11.5. The van der Waals surface area contributed by atoms with Crippen LogP contribution in [0.5, 0.6) is 0 Å². The third-order valence-corrected chi connectivity index (χ3v) is 4.06. The molecule has 2 aromatic rings. The molecule has 0 bridgehead atoms. The van der Waals surface area contributed by atoms with Gasteiger partial charge in [0, 0.05) is 28.8 Å². The van der Waals surface area contributed by atoms with Gasteiger partial charge in [-0.15, -0.1) is 0 Å². The molecule has 0 saturated carbocycles. The summed E-state index contributed by atoms with van der Waals surface area (Å²) in [6.45, 7) is 2.45. The van der Waals surface area contributed by atoms with Gasteiger partial charge in [0.25, 0.3) is 0 Å². The molecule has 1 aromatic heterocycles. The fourth-order valence-corrected chi connectivity index (χ4v) is 2.83. The number of hydrogen-bond donors (Lipinski definition) is 2. The average Bonchev–Trinajstić information content (AvgIpc) is 2.45. The lowest BCUT2D eigenvalue weighted by atomic mass is 9.76. The van der Waals surface area contributed by atoms with Gasteiger partial charge in [0.15, 0.2) is 0 Å². The van der Waals surface area contributed by atoms with Crippen LogP contribution in [0, 0.1) is 6.92 Å². The summed E-state index contributed by atoms with van der Waals surface area (Å²) in [4.78, 5) is 4.18. The number of aliphatic hydroxyl groups is 1. The highest BCUT2D eigenvalue weighted by Gasteiger charge is 2.30. The minimum atomic E-state index is -0.464. The van der Waals surface area contributed by atoms with Crippen molar-refractivity contribution in [2.45, 2.75) is 18.8 Å². The Morgan fingerprint density at radius 1 is 1.30 bits per heavy atom. The van der Waals surface area contributed by atoms with Crippen molar-refractivity contribution in [1.82, 2.24) is 4.98 Å². The Kier molecular flexibility index (Phi) is 4.91. The molecule has 1 atom stereocenters. The first-order chi connectivity index (χ1) is 9.59. The van der Waals surface area contributed by atoms with E-state index in [1.807, 2.05) is 37.4 Å². The maximum Gasteiger partial charge on any atom is 0.0543 e. The molecule has 0 saturated heterocycles. The molecule has 3 N–H and O–H groups in total. The topological polar surface area (TPSA) is 59.1 Å². The molecule has 2 rings (SSSR count). The van der Waals surface area contributed by atoms with Crippen molar-refractivity contribution in [1.29, 1.82) is 0 Å². The van der Waals surface area contributed by atoms with Gasteiger partial charge in [0.05, 0.1) is 6.61 Å². The van der Waals surface area contributed by atoms with E-state index in [0.29, 0.717) is 13.0 Å². The highest BCUT2D eigenvalue weighted by Crippen LogP contribution is 2.28. The van der Waals surface area contributed by atoms with Crippen LogP contribution in [0.4, 0.5) is 0 Å². The fraction of sp³-hybridized carbons (Fsp3) is 0.312. The average molecular weight is 335 g/mol. The van der Waals surface area contributed by atoms with E-state index in [1.54, 1.807) is 6.20 Å². The van der Waals surface area contributed by atoms with E-state index in [2.05, 4.69) is 27.0 Å². The highest BCUT2D eigenvalue weighted by atomic mass is 79.9. The van der Waals surface area contributed by atoms with E-state index in [1.165, 1.54) is 5.56 Å². The Balaban J connectivity index is 2.39. The SMILES string of the molecule is Cc1cccc(C(CN)(CO)Cc2cncc(Br)c2)c1. The Morgan fingerprint density at radius 2 is 2.10 bits per heavy atom. The smallest absolute Gasteiger partial charge is 0.0543 e. The van der Waals surface area contributed by atoms with Gasteiger partial charge < -0.3 is 10.8 Å². The van der Waals surface area contributed by atoms with E-state index < -0.39 is 5.41 Å². The third kappa shape index (κ3) is 3.26. The van der Waals surface area contributed by atoms with Crippen molar-refractivity contribution in [3.63, 3.8) is 0 Å². The van der Waals surface area contributed by atoms with Crippen LogP contribution in [0.3, 0.4) is 0 Å². The predicted molar refractivity (Wildman–Crippen MR) is 84.6 cm³/mol. The van der Waals surface area contributed by atoms with Crippen LogP contribution < -0.4 is 5.73 Å². The third-order valence-electron chi connectivity index (χ3n) is 3.63. The lowest BCUT2D eigenvalue weighted by molar-refractivity contribution is 0.196. The summed E-state index contributed by atoms with van der Waals surface area (Å²) in [6, 6.07) is 10.2. The van der Waals surface area contributed by atoms with Crippen molar-refractivity contribution in [2.24, 2.45) is 5.73 Å². The van der Waals surface area contributed by atoms with Crippen LogP contribution >= 0.6 is 15.9 Å². The maximum atomic E-state index is 9.94. The molecule has 0 fully saturated rings. The van der Waals surface area contributed by atoms with Gasteiger partial charge in [-0.25, -0.2) is 0 Å². The van der Waals surface area contributed by atoms with Crippen LogP contribution in [0.25, 0.3) is 0 Å². The van der Waals surface area contributed by atoms with E-state index in [-0.39, 0.29) is 6.61 Å². The number of nitrogens with zero attached hydrogens (tertiary/aromatic N) is 1. The number of halogens is 1. The molecule has 0 aliphatic heterocycles. The van der Waals surface area contributed by atoms with Gasteiger partial charge >= 0.3 is 0 Å². The van der Waals surface area contributed by atoms with E-state index in [9.17, 15) is 5.11 Å². The van der Waals surface area contributed by atoms with Crippen LogP contribution in [0.1, 0.15) is 16.7 Å². The summed E-state index contributed by atoms with van der Waals surface area (Å²) in [7, 11) is 0. The monoisotopic (exact) mass is 334 g/mol. The number of nitrogens with two attached hydrogens (primary N) is 1. The molecular weight excluding hydrogens is 316 g/mol. The molecule has 0 radical (unpaired) electrons. The Morgan fingerprint density at radius 3 is 2.70 bits per heavy atom. The largest absolute Gasteiger partial charge is 0.395 e. The molecule has 20 heavy (non-hydrogen) atoms. The minimum absolute atomic E-state index is 0.0134. The van der Waals surface area contributed by atoms with Crippen molar-refractivity contribution in [3.05, 3.63) is 63.9 Å².